The summed E-state index contributed by atoms with van der Waals surface area (Å²) in [6.45, 7) is -1.61. The second kappa shape index (κ2) is 13.9. The fraction of sp³-hybridized carbons (Fsp3) is 0.0377. The van der Waals surface area contributed by atoms with Gasteiger partial charge in [-0.2, -0.15) is 15.0 Å². The smallest absolute Gasteiger partial charge is 0.240 e. The van der Waals surface area contributed by atoms with Crippen molar-refractivity contribution >= 4 is 72.4 Å². The van der Waals surface area contributed by atoms with Crippen LogP contribution in [0.3, 0.4) is 0 Å². The Balaban J connectivity index is 1.44. The van der Waals surface area contributed by atoms with Gasteiger partial charge in [0.1, 0.15) is 0 Å². The van der Waals surface area contributed by atoms with Crippen LogP contribution in [0.25, 0.3) is 66.9 Å². The summed E-state index contributed by atoms with van der Waals surface area (Å²) in [6.07, 6.45) is 0. The Hall–Kier alpha value is -7.41. The van der Waals surface area contributed by atoms with Crippen molar-refractivity contribution < 1.29 is 37.0 Å². The molecular formula is C53H39N5Si. The van der Waals surface area contributed by atoms with Gasteiger partial charge in [0.05, 0.1) is 55.0 Å². The SMILES string of the molecule is [2H]c1c([2H])c(-c2nc(-n3c4c([2H])c([2H])c([2H])c([2H])c4c4c([2H])c([2H])c([2H])c([2H])c43)nc(-n3c4c([2H])c([2H])c([2H])c([2H])c4c4c([2H])c([2H])c([2H])c([2H])c43)n2)c([2H])c([Si](c2ccccc2)(c2cccc(C)c2)c2c([2H])c([2H])c([2H])c(C([2H])([2H])[2H])c2[2H])c1[2H]. The summed E-state index contributed by atoms with van der Waals surface area (Å²) in [5.41, 5.74) is -3.63. The normalized spacial score (nSPS) is 19.4. The van der Waals surface area contributed by atoms with Crippen molar-refractivity contribution in [2.75, 3.05) is 0 Å². The number of aryl methyl sites for hydroxylation is 1. The molecule has 11 aromatic rings. The van der Waals surface area contributed by atoms with Gasteiger partial charge in [-0.15, -0.1) is 0 Å². The average molecular weight is 801 g/mol. The zero-order valence-electron chi connectivity index (χ0n) is 57.4. The summed E-state index contributed by atoms with van der Waals surface area (Å²) in [5.74, 6) is -2.69. The van der Waals surface area contributed by atoms with Gasteiger partial charge in [-0.3, -0.25) is 9.13 Å². The number of aromatic nitrogens is 5. The van der Waals surface area contributed by atoms with Crippen LogP contribution in [-0.4, -0.2) is 32.2 Å². The number of hydrogen-bond acceptors (Lipinski definition) is 3. The van der Waals surface area contributed by atoms with Crippen molar-refractivity contribution in [1.29, 1.82) is 0 Å². The molecule has 0 fully saturated rings. The molecule has 0 bridgehead atoms. The number of para-hydroxylation sites is 4. The van der Waals surface area contributed by atoms with E-state index >= 15 is 0 Å². The molecule has 0 N–H and O–H groups in total. The van der Waals surface area contributed by atoms with Crippen molar-refractivity contribution in [3.63, 3.8) is 0 Å². The Kier molecular flexibility index (Phi) is 3.96. The first-order chi connectivity index (χ1) is 40.3. The molecule has 0 spiro atoms. The van der Waals surface area contributed by atoms with E-state index in [4.69, 9.17) is 33.3 Å². The molecule has 11 rings (SSSR count). The van der Waals surface area contributed by atoms with Crippen molar-refractivity contribution in [3.05, 3.63) is 211 Å². The molecule has 3 heterocycles. The molecule has 5 nitrogen and oxygen atoms in total. The van der Waals surface area contributed by atoms with E-state index in [9.17, 15) is 13.7 Å². The Morgan fingerprint density at radius 1 is 0.458 bits per heavy atom. The highest BCUT2D eigenvalue weighted by molar-refractivity contribution is 7.20. The van der Waals surface area contributed by atoms with E-state index in [2.05, 4.69) is 4.98 Å². The summed E-state index contributed by atoms with van der Waals surface area (Å²) < 4.78 is 249. The molecule has 0 saturated heterocycles. The van der Waals surface area contributed by atoms with Gasteiger partial charge >= 0.3 is 0 Å². The van der Waals surface area contributed by atoms with Gasteiger partial charge in [0.2, 0.25) is 11.9 Å². The maximum atomic E-state index is 10.6. The predicted octanol–water partition coefficient (Wildman–Crippen LogP) is 9.73. The van der Waals surface area contributed by atoms with Gasteiger partial charge < -0.3 is 0 Å². The van der Waals surface area contributed by atoms with Crippen LogP contribution in [0, 0.1) is 13.8 Å². The van der Waals surface area contributed by atoms with Gasteiger partial charge in [-0.25, -0.2) is 0 Å². The van der Waals surface area contributed by atoms with E-state index in [1.165, 1.54) is 30.3 Å². The van der Waals surface area contributed by atoms with Crippen molar-refractivity contribution in [2.45, 2.75) is 13.8 Å². The maximum Gasteiger partial charge on any atom is 0.240 e. The number of hydrogen-bond donors (Lipinski definition) is 0. The van der Waals surface area contributed by atoms with Gasteiger partial charge in [0, 0.05) is 31.2 Å². The summed E-state index contributed by atoms with van der Waals surface area (Å²) in [7, 11) is -5.10. The minimum atomic E-state index is -5.10. The molecule has 1 unspecified atom stereocenters. The zero-order valence-corrected chi connectivity index (χ0v) is 31.4. The van der Waals surface area contributed by atoms with Gasteiger partial charge in [0.15, 0.2) is 13.9 Å². The lowest BCUT2D eigenvalue weighted by atomic mass is 10.2. The van der Waals surface area contributed by atoms with Crippen molar-refractivity contribution in [1.82, 2.24) is 24.1 Å². The summed E-state index contributed by atoms with van der Waals surface area (Å²) in [4.78, 5) is 14.1. The van der Waals surface area contributed by atoms with Crippen LogP contribution in [0.15, 0.2) is 200 Å². The monoisotopic (exact) mass is 800 g/mol. The van der Waals surface area contributed by atoms with E-state index in [0.717, 1.165) is 9.13 Å². The van der Waals surface area contributed by atoms with Crippen molar-refractivity contribution in [3.8, 4) is 23.3 Å². The number of fused-ring (bicyclic) bond motifs is 6. The lowest BCUT2D eigenvalue weighted by Gasteiger charge is -2.35. The lowest BCUT2D eigenvalue weighted by molar-refractivity contribution is 0.893. The minimum Gasteiger partial charge on any atom is -0.278 e. The predicted molar refractivity (Wildman–Crippen MR) is 247 cm³/mol. The first-order valence-corrected chi connectivity index (χ1v) is 19.9. The topological polar surface area (TPSA) is 48.5 Å². The van der Waals surface area contributed by atoms with E-state index < -0.39 is 243 Å². The first kappa shape index (κ1) is 16.8. The molecule has 3 aromatic heterocycles. The van der Waals surface area contributed by atoms with E-state index in [-0.39, 0.29) is 10.4 Å². The molecule has 0 radical (unpaired) electrons. The third-order valence-electron chi connectivity index (χ3n) is 9.96. The maximum absolute atomic E-state index is 10.6. The quantitative estimate of drug-likeness (QED) is 0.119. The van der Waals surface area contributed by atoms with Crippen LogP contribution in [-0.2, 0) is 0 Å². The van der Waals surface area contributed by atoms with E-state index in [1.54, 1.807) is 31.2 Å². The molecule has 0 amide bonds. The molecule has 280 valence electrons. The van der Waals surface area contributed by atoms with Crippen LogP contribution in [0.2, 0.25) is 0 Å². The number of benzene rings is 8. The van der Waals surface area contributed by atoms with Crippen LogP contribution >= 0.6 is 0 Å². The highest BCUT2D eigenvalue weighted by Crippen LogP contribution is 2.34. The number of nitrogens with zero attached hydrogens (tertiary/aromatic N) is 5. The minimum absolute atomic E-state index is 0.130. The Morgan fingerprint density at radius 2 is 0.966 bits per heavy atom. The third kappa shape index (κ3) is 5.56. The van der Waals surface area contributed by atoms with Gasteiger partial charge in [-0.05, 0) is 58.7 Å². The standard InChI is InChI=1S/C53H39N5Si/c1-36-17-14-22-40(33-36)59(39-20-4-3-5-21-39,41-23-15-18-37(2)34-41)42-24-16-19-38(35-42)51-54-52(57-47-29-10-6-25-43(47)44-26-7-11-30-48(44)57)56-53(55-51)58-49-31-12-8-27-45(49)46-28-9-13-32-50(46)58/h3-35H,1-2H3/i1D3,6D,7D,8D,9D,10D,11D,12D,13D,14D,16D,17D,19D,22D,24D,25D,26D,27D,28D,29D,30D,31D,32D,33D,35D. The molecule has 59 heavy (non-hydrogen) atoms. The molecule has 8 aromatic carbocycles. The lowest BCUT2D eigenvalue weighted by Crippen LogP contribution is -2.74. The molecule has 6 heteroatoms. The van der Waals surface area contributed by atoms with E-state index in [0.29, 0.717) is 5.56 Å². The highest BCUT2D eigenvalue weighted by atomic mass is 28.3. The molecule has 0 aliphatic carbocycles. The largest absolute Gasteiger partial charge is 0.278 e. The fourth-order valence-electron chi connectivity index (χ4n) is 7.52. The van der Waals surface area contributed by atoms with Crippen molar-refractivity contribution in [2.24, 2.45) is 0 Å². The third-order valence-corrected chi connectivity index (χ3v) is 14.3. The van der Waals surface area contributed by atoms with Gasteiger partial charge in [-0.1, -0.05) is 187 Å². The molecule has 0 aliphatic heterocycles. The van der Waals surface area contributed by atoms with E-state index in [1.807, 2.05) is 0 Å². The highest BCUT2D eigenvalue weighted by Gasteiger charge is 2.42. The average Bonchev–Trinajstić information content (AvgIpc) is 1.11. The van der Waals surface area contributed by atoms with Gasteiger partial charge in [0.25, 0.3) is 0 Å². The second-order valence-corrected chi connectivity index (χ2v) is 17.0. The van der Waals surface area contributed by atoms with Crippen LogP contribution < -0.4 is 20.7 Å². The molecule has 1 atom stereocenters. The van der Waals surface area contributed by atoms with Crippen LogP contribution in [0.5, 0.6) is 0 Å². The summed E-state index contributed by atoms with van der Waals surface area (Å²) in [6, 6.07) is -7.06. The summed E-state index contributed by atoms with van der Waals surface area (Å²) in [5, 5.41) is -2.75. The molecular weight excluding hydrogens is 735 g/mol. The molecule has 0 saturated carbocycles. The second-order valence-electron chi connectivity index (χ2n) is 13.3. The Labute approximate surface area is 381 Å². The van der Waals surface area contributed by atoms with Crippen LogP contribution in [0.4, 0.5) is 0 Å². The number of rotatable bonds is 7. The fourth-order valence-corrected chi connectivity index (χ4v) is 11.9. The van der Waals surface area contributed by atoms with Crippen LogP contribution in [0.1, 0.15) is 48.1 Å². The molecule has 0 aliphatic rings. The zero-order chi connectivity index (χ0) is 62.9. The Bertz CT molecular complexity index is 4550. The first-order valence-electron chi connectivity index (χ1n) is 31.4. The Morgan fingerprint density at radius 3 is 1.51 bits per heavy atom. The summed E-state index contributed by atoms with van der Waals surface area (Å²) >= 11 is 0.